The van der Waals surface area contributed by atoms with E-state index in [9.17, 15) is 4.79 Å². The van der Waals surface area contributed by atoms with Gasteiger partial charge in [0.05, 0.1) is 6.67 Å². The maximum Gasteiger partial charge on any atom is 0.247 e. The standard InChI is InChI=1S/C25H31N3O.ClH/c29-24-25(28(19-26-24)22-11-5-2-6-12-22)14-16-27(17-15-25)23-13-7-10-21(18-23)20-8-3-1-4-9-20;/h1-6,8-9,11-12,21,23H,7,10,13-19H2,(H,26,29);1H. The van der Waals surface area contributed by atoms with Gasteiger partial charge in [0.1, 0.15) is 5.54 Å². The number of rotatable bonds is 3. The van der Waals surface area contributed by atoms with E-state index in [4.69, 9.17) is 0 Å². The lowest BCUT2D eigenvalue weighted by Gasteiger charge is -2.47. The van der Waals surface area contributed by atoms with Crippen molar-refractivity contribution < 1.29 is 4.79 Å². The van der Waals surface area contributed by atoms with Crippen LogP contribution < -0.4 is 10.2 Å². The first-order chi connectivity index (χ1) is 14.3. The summed E-state index contributed by atoms with van der Waals surface area (Å²) in [6, 6.07) is 22.1. The predicted molar refractivity (Wildman–Crippen MR) is 124 cm³/mol. The number of nitrogens with zero attached hydrogens (tertiary/aromatic N) is 2. The second kappa shape index (κ2) is 8.99. The Labute approximate surface area is 186 Å². The molecule has 30 heavy (non-hydrogen) atoms. The van der Waals surface area contributed by atoms with E-state index in [0.717, 1.165) is 31.6 Å². The van der Waals surface area contributed by atoms with Gasteiger partial charge in [-0.25, -0.2) is 0 Å². The Hall–Kier alpha value is -2.04. The van der Waals surface area contributed by atoms with E-state index in [-0.39, 0.29) is 23.9 Å². The van der Waals surface area contributed by atoms with Gasteiger partial charge in [0.15, 0.2) is 0 Å². The highest BCUT2D eigenvalue weighted by atomic mass is 35.5. The maximum absolute atomic E-state index is 12.9. The van der Waals surface area contributed by atoms with Crippen LogP contribution in [0.5, 0.6) is 0 Å². The average Bonchev–Trinajstić information content (AvgIpc) is 3.11. The lowest BCUT2D eigenvalue weighted by Crippen LogP contribution is -2.58. The minimum Gasteiger partial charge on any atom is -0.339 e. The molecule has 1 aliphatic carbocycles. The third-order valence-electron chi connectivity index (χ3n) is 7.46. The van der Waals surface area contributed by atoms with Crippen molar-refractivity contribution in [1.29, 1.82) is 0 Å². The Morgan fingerprint density at radius 3 is 2.27 bits per heavy atom. The number of piperidine rings is 1. The van der Waals surface area contributed by atoms with Gasteiger partial charge >= 0.3 is 0 Å². The van der Waals surface area contributed by atoms with Crippen LogP contribution in [0.15, 0.2) is 60.7 Å². The van der Waals surface area contributed by atoms with Gasteiger partial charge in [0, 0.05) is 24.8 Å². The van der Waals surface area contributed by atoms with Crippen molar-refractivity contribution in [3.8, 4) is 0 Å². The molecule has 2 saturated heterocycles. The maximum atomic E-state index is 12.9. The average molecular weight is 426 g/mol. The first-order valence-corrected chi connectivity index (χ1v) is 11.2. The van der Waals surface area contributed by atoms with Crippen LogP contribution in [0.4, 0.5) is 5.69 Å². The van der Waals surface area contributed by atoms with Gasteiger partial charge in [-0.2, -0.15) is 0 Å². The highest BCUT2D eigenvalue weighted by molar-refractivity contribution is 5.93. The third-order valence-corrected chi connectivity index (χ3v) is 7.46. The number of benzene rings is 2. The molecule has 2 aliphatic heterocycles. The smallest absolute Gasteiger partial charge is 0.247 e. The molecule has 5 rings (SSSR count). The number of likely N-dealkylation sites (tertiary alicyclic amines) is 1. The summed E-state index contributed by atoms with van der Waals surface area (Å²) in [5.74, 6) is 0.897. The highest BCUT2D eigenvalue weighted by Gasteiger charge is 2.50. The molecule has 1 spiro atoms. The minimum atomic E-state index is -0.370. The van der Waals surface area contributed by atoms with Crippen LogP contribution in [-0.2, 0) is 4.79 Å². The van der Waals surface area contributed by atoms with Crippen LogP contribution in [0.3, 0.4) is 0 Å². The lowest BCUT2D eigenvalue weighted by atomic mass is 9.79. The van der Waals surface area contributed by atoms with E-state index in [1.165, 1.54) is 31.2 Å². The van der Waals surface area contributed by atoms with Crippen LogP contribution in [-0.4, -0.2) is 42.1 Å². The molecular weight excluding hydrogens is 394 g/mol. The number of nitrogens with one attached hydrogen (secondary N) is 1. The molecule has 2 unspecified atom stereocenters. The summed E-state index contributed by atoms with van der Waals surface area (Å²) in [5.41, 5.74) is 2.28. The molecule has 1 saturated carbocycles. The third kappa shape index (κ3) is 3.83. The van der Waals surface area contributed by atoms with E-state index in [1.807, 2.05) is 6.07 Å². The molecule has 0 radical (unpaired) electrons. The second-order valence-electron chi connectivity index (χ2n) is 8.92. The largest absolute Gasteiger partial charge is 0.339 e. The van der Waals surface area contributed by atoms with Gasteiger partial charge < -0.3 is 15.1 Å². The van der Waals surface area contributed by atoms with Gasteiger partial charge in [0.2, 0.25) is 5.91 Å². The molecular formula is C25H32ClN3O. The van der Waals surface area contributed by atoms with Gasteiger partial charge in [-0.15, -0.1) is 12.4 Å². The molecule has 3 fully saturated rings. The summed E-state index contributed by atoms with van der Waals surface area (Å²) in [5, 5.41) is 3.12. The molecule has 1 amide bonds. The first-order valence-electron chi connectivity index (χ1n) is 11.2. The summed E-state index contributed by atoms with van der Waals surface area (Å²) in [4.78, 5) is 17.9. The summed E-state index contributed by atoms with van der Waals surface area (Å²) in [7, 11) is 0. The summed E-state index contributed by atoms with van der Waals surface area (Å²) in [6.45, 7) is 2.66. The Bertz CT molecular complexity index is 836. The Morgan fingerprint density at radius 1 is 0.900 bits per heavy atom. The van der Waals surface area contributed by atoms with E-state index in [0.29, 0.717) is 18.6 Å². The van der Waals surface area contributed by atoms with E-state index >= 15 is 0 Å². The number of halogens is 1. The quantitative estimate of drug-likeness (QED) is 0.782. The van der Waals surface area contributed by atoms with Crippen LogP contribution in [0.25, 0.3) is 0 Å². The molecule has 160 valence electrons. The predicted octanol–water partition coefficient (Wildman–Crippen LogP) is 4.56. The van der Waals surface area contributed by atoms with E-state index in [1.54, 1.807) is 0 Å². The summed E-state index contributed by atoms with van der Waals surface area (Å²) >= 11 is 0. The number of amides is 1. The fourth-order valence-electron chi connectivity index (χ4n) is 5.82. The second-order valence-corrected chi connectivity index (χ2v) is 8.92. The van der Waals surface area contributed by atoms with Crippen LogP contribution in [0.2, 0.25) is 0 Å². The Balaban J connectivity index is 0.00000218. The van der Waals surface area contributed by atoms with Gasteiger partial charge in [-0.3, -0.25) is 4.79 Å². The normalized spacial score (nSPS) is 26.3. The molecule has 2 aromatic carbocycles. The monoisotopic (exact) mass is 425 g/mol. The van der Waals surface area contributed by atoms with Crippen molar-refractivity contribution in [2.75, 3.05) is 24.7 Å². The Kier molecular flexibility index (Phi) is 6.35. The summed E-state index contributed by atoms with van der Waals surface area (Å²) < 4.78 is 0. The van der Waals surface area contributed by atoms with Crippen molar-refractivity contribution in [3.05, 3.63) is 66.2 Å². The molecule has 3 aliphatic rings. The van der Waals surface area contributed by atoms with Crippen molar-refractivity contribution in [2.45, 2.75) is 56.0 Å². The molecule has 5 heteroatoms. The molecule has 2 aromatic rings. The Morgan fingerprint density at radius 2 is 1.57 bits per heavy atom. The summed E-state index contributed by atoms with van der Waals surface area (Å²) in [6.07, 6.45) is 7.00. The number of para-hydroxylation sites is 1. The molecule has 2 heterocycles. The zero-order valence-corrected chi connectivity index (χ0v) is 18.3. The van der Waals surface area contributed by atoms with Crippen molar-refractivity contribution >= 4 is 24.0 Å². The number of carbonyl (C=O) groups excluding carboxylic acids is 1. The van der Waals surface area contributed by atoms with Crippen molar-refractivity contribution in [3.63, 3.8) is 0 Å². The first kappa shape index (κ1) is 21.2. The number of anilines is 1. The molecule has 0 aromatic heterocycles. The highest BCUT2D eigenvalue weighted by Crippen LogP contribution is 2.40. The minimum absolute atomic E-state index is 0. The fraction of sp³-hybridized carbons (Fsp3) is 0.480. The van der Waals surface area contributed by atoms with Crippen molar-refractivity contribution in [2.24, 2.45) is 0 Å². The zero-order chi connectivity index (χ0) is 19.7. The van der Waals surface area contributed by atoms with Gasteiger partial charge in [-0.05, 0) is 55.7 Å². The van der Waals surface area contributed by atoms with Crippen molar-refractivity contribution in [1.82, 2.24) is 10.2 Å². The zero-order valence-electron chi connectivity index (χ0n) is 17.5. The topological polar surface area (TPSA) is 35.6 Å². The molecule has 2 atom stereocenters. The number of hydrogen-bond donors (Lipinski definition) is 1. The van der Waals surface area contributed by atoms with Crippen LogP contribution in [0, 0.1) is 0 Å². The van der Waals surface area contributed by atoms with Crippen LogP contribution >= 0.6 is 12.4 Å². The van der Waals surface area contributed by atoms with Gasteiger partial charge in [-0.1, -0.05) is 55.0 Å². The molecule has 1 N–H and O–H groups in total. The van der Waals surface area contributed by atoms with Gasteiger partial charge in [0.25, 0.3) is 0 Å². The molecule has 4 nitrogen and oxygen atoms in total. The lowest BCUT2D eigenvalue weighted by molar-refractivity contribution is -0.125. The van der Waals surface area contributed by atoms with Crippen LogP contribution in [0.1, 0.15) is 50.0 Å². The SMILES string of the molecule is Cl.O=C1NCN(c2ccccc2)C12CCN(C1CCCC(c3ccccc3)C1)CC2. The fourth-order valence-corrected chi connectivity index (χ4v) is 5.82. The molecule has 0 bridgehead atoms. The number of carbonyl (C=O) groups is 1. The number of hydrogen-bond acceptors (Lipinski definition) is 3. The van der Waals surface area contributed by atoms with E-state index < -0.39 is 0 Å². The van der Waals surface area contributed by atoms with E-state index in [2.05, 4.69) is 69.7 Å².